The first-order valence-electron chi connectivity index (χ1n) is 6.04. The van der Waals surface area contributed by atoms with E-state index in [4.69, 9.17) is 21.6 Å². The van der Waals surface area contributed by atoms with Crippen LogP contribution in [0.4, 0.5) is 5.69 Å². The fourth-order valence-corrected chi connectivity index (χ4v) is 2.46. The number of nitrogens with zero attached hydrogens (tertiary/aromatic N) is 1. The standard InChI is InChI=1S/C15H12BrClN2O2/c1-21-14-6-12(17)5-10(15(14)20)8-19-13-3-2-11(16)4-9(13)7-18/h2-6,19-20H,8H2,1H3. The molecule has 0 aliphatic rings. The van der Waals surface area contributed by atoms with E-state index in [0.717, 1.165) is 4.47 Å². The lowest BCUT2D eigenvalue weighted by Gasteiger charge is -2.12. The molecule has 108 valence electrons. The molecule has 0 aliphatic carbocycles. The van der Waals surface area contributed by atoms with Crippen molar-refractivity contribution in [3.8, 4) is 17.6 Å². The monoisotopic (exact) mass is 366 g/mol. The Labute approximate surface area is 136 Å². The van der Waals surface area contributed by atoms with Crippen LogP contribution in [0.1, 0.15) is 11.1 Å². The van der Waals surface area contributed by atoms with Crippen LogP contribution in [0.2, 0.25) is 5.02 Å². The smallest absolute Gasteiger partial charge is 0.162 e. The van der Waals surface area contributed by atoms with Crippen LogP contribution in [0.3, 0.4) is 0 Å². The maximum Gasteiger partial charge on any atom is 0.162 e. The van der Waals surface area contributed by atoms with Gasteiger partial charge in [0.1, 0.15) is 6.07 Å². The van der Waals surface area contributed by atoms with Crippen LogP contribution in [-0.4, -0.2) is 12.2 Å². The summed E-state index contributed by atoms with van der Waals surface area (Å²) in [7, 11) is 1.46. The van der Waals surface area contributed by atoms with Gasteiger partial charge in [0.15, 0.2) is 11.5 Å². The minimum atomic E-state index is 0.0324. The predicted octanol–water partition coefficient (Wildman–Crippen LogP) is 4.30. The maximum atomic E-state index is 10.1. The molecule has 0 bridgehead atoms. The molecule has 0 saturated carbocycles. The first kappa shape index (κ1) is 15.5. The third-order valence-corrected chi connectivity index (χ3v) is 3.62. The number of hydrogen-bond acceptors (Lipinski definition) is 4. The van der Waals surface area contributed by atoms with Gasteiger partial charge in [-0.2, -0.15) is 5.26 Å². The van der Waals surface area contributed by atoms with Gasteiger partial charge in [-0.15, -0.1) is 0 Å². The summed E-state index contributed by atoms with van der Waals surface area (Å²) in [6.45, 7) is 0.319. The second kappa shape index (κ2) is 6.70. The van der Waals surface area contributed by atoms with Crippen molar-refractivity contribution in [2.45, 2.75) is 6.54 Å². The van der Waals surface area contributed by atoms with E-state index in [0.29, 0.717) is 34.1 Å². The van der Waals surface area contributed by atoms with Crippen LogP contribution in [0.25, 0.3) is 0 Å². The lowest BCUT2D eigenvalue weighted by Crippen LogP contribution is -2.02. The third kappa shape index (κ3) is 3.60. The van der Waals surface area contributed by atoms with E-state index in [-0.39, 0.29) is 5.75 Å². The number of rotatable bonds is 4. The Morgan fingerprint density at radius 3 is 2.81 bits per heavy atom. The fraction of sp³-hybridized carbons (Fsp3) is 0.133. The molecule has 2 N–H and O–H groups in total. The molecule has 0 amide bonds. The van der Waals surface area contributed by atoms with Crippen LogP contribution in [0.5, 0.6) is 11.5 Å². The van der Waals surface area contributed by atoms with Crippen LogP contribution < -0.4 is 10.1 Å². The van der Waals surface area contributed by atoms with Gasteiger partial charge in [0.05, 0.1) is 18.4 Å². The van der Waals surface area contributed by atoms with E-state index in [9.17, 15) is 5.11 Å². The highest BCUT2D eigenvalue weighted by atomic mass is 79.9. The molecule has 0 saturated heterocycles. The summed E-state index contributed by atoms with van der Waals surface area (Å²) in [5, 5.41) is 22.8. The molecule has 4 nitrogen and oxygen atoms in total. The molecule has 2 aromatic rings. The fourth-order valence-electron chi connectivity index (χ4n) is 1.87. The summed E-state index contributed by atoms with van der Waals surface area (Å²) < 4.78 is 5.89. The number of anilines is 1. The molecule has 0 atom stereocenters. The lowest BCUT2D eigenvalue weighted by molar-refractivity contribution is 0.371. The zero-order chi connectivity index (χ0) is 15.4. The van der Waals surface area contributed by atoms with Crippen LogP contribution >= 0.6 is 27.5 Å². The summed E-state index contributed by atoms with van der Waals surface area (Å²) in [6.07, 6.45) is 0. The van der Waals surface area contributed by atoms with Crippen molar-refractivity contribution >= 4 is 33.2 Å². The molecule has 0 radical (unpaired) electrons. The quantitative estimate of drug-likeness (QED) is 0.845. The van der Waals surface area contributed by atoms with Gasteiger partial charge in [-0.1, -0.05) is 27.5 Å². The van der Waals surface area contributed by atoms with Crippen molar-refractivity contribution in [1.82, 2.24) is 0 Å². The highest BCUT2D eigenvalue weighted by Crippen LogP contribution is 2.34. The first-order chi connectivity index (χ1) is 10.0. The van der Waals surface area contributed by atoms with E-state index >= 15 is 0 Å². The average molecular weight is 368 g/mol. The molecule has 6 heteroatoms. The largest absolute Gasteiger partial charge is 0.504 e. The molecule has 21 heavy (non-hydrogen) atoms. The van der Waals surface area contributed by atoms with Crippen molar-refractivity contribution in [2.24, 2.45) is 0 Å². The van der Waals surface area contributed by atoms with Gasteiger partial charge in [-0.3, -0.25) is 0 Å². The molecule has 0 spiro atoms. The summed E-state index contributed by atoms with van der Waals surface area (Å²) in [6, 6.07) is 10.7. The summed E-state index contributed by atoms with van der Waals surface area (Å²) in [5.41, 5.74) is 1.78. The van der Waals surface area contributed by atoms with E-state index in [1.54, 1.807) is 24.3 Å². The highest BCUT2D eigenvalue weighted by molar-refractivity contribution is 9.10. The molecule has 0 aliphatic heterocycles. The molecule has 2 rings (SSSR count). The number of hydrogen-bond donors (Lipinski definition) is 2. The number of methoxy groups -OCH3 is 1. The molecule has 0 unspecified atom stereocenters. The third-order valence-electron chi connectivity index (χ3n) is 2.91. The molecule has 0 aromatic heterocycles. The van der Waals surface area contributed by atoms with Gasteiger partial charge in [0.2, 0.25) is 0 Å². The topological polar surface area (TPSA) is 65.3 Å². The second-order valence-corrected chi connectivity index (χ2v) is 5.62. The number of phenols is 1. The Morgan fingerprint density at radius 1 is 1.38 bits per heavy atom. The number of aromatic hydroxyl groups is 1. The molecule has 0 heterocycles. The SMILES string of the molecule is COc1cc(Cl)cc(CNc2ccc(Br)cc2C#N)c1O. The Hall–Kier alpha value is -1.90. The molecular weight excluding hydrogens is 356 g/mol. The van der Waals surface area contributed by atoms with Gasteiger partial charge in [0, 0.05) is 27.7 Å². The van der Waals surface area contributed by atoms with Crippen LogP contribution in [-0.2, 0) is 6.54 Å². The molecule has 2 aromatic carbocycles. The average Bonchev–Trinajstić information content (AvgIpc) is 2.48. The zero-order valence-electron chi connectivity index (χ0n) is 11.2. The van der Waals surface area contributed by atoms with Gasteiger partial charge >= 0.3 is 0 Å². The number of nitrogens with one attached hydrogen (secondary N) is 1. The summed E-state index contributed by atoms with van der Waals surface area (Å²) >= 11 is 9.30. The van der Waals surface area contributed by atoms with E-state index in [1.165, 1.54) is 7.11 Å². The number of benzene rings is 2. The van der Waals surface area contributed by atoms with Crippen molar-refractivity contribution < 1.29 is 9.84 Å². The minimum absolute atomic E-state index is 0.0324. The highest BCUT2D eigenvalue weighted by Gasteiger charge is 2.11. The van der Waals surface area contributed by atoms with Gasteiger partial charge in [0.25, 0.3) is 0 Å². The lowest BCUT2D eigenvalue weighted by atomic mass is 10.1. The van der Waals surface area contributed by atoms with Crippen LogP contribution in [0.15, 0.2) is 34.8 Å². The number of halogens is 2. The van der Waals surface area contributed by atoms with E-state index < -0.39 is 0 Å². The van der Waals surface area contributed by atoms with Crippen molar-refractivity contribution in [2.75, 3.05) is 12.4 Å². The van der Waals surface area contributed by atoms with Crippen molar-refractivity contribution in [1.29, 1.82) is 5.26 Å². The second-order valence-electron chi connectivity index (χ2n) is 4.27. The Morgan fingerprint density at radius 2 is 2.14 bits per heavy atom. The first-order valence-corrected chi connectivity index (χ1v) is 7.21. The molecular formula is C15H12BrClN2O2. The van der Waals surface area contributed by atoms with Gasteiger partial charge < -0.3 is 15.2 Å². The number of nitriles is 1. The zero-order valence-corrected chi connectivity index (χ0v) is 13.5. The van der Waals surface area contributed by atoms with Gasteiger partial charge in [-0.05, 0) is 24.3 Å². The van der Waals surface area contributed by atoms with Gasteiger partial charge in [-0.25, -0.2) is 0 Å². The Balaban J connectivity index is 2.25. The summed E-state index contributed by atoms with van der Waals surface area (Å²) in [5.74, 6) is 0.348. The van der Waals surface area contributed by atoms with E-state index in [1.807, 2.05) is 6.07 Å². The number of phenolic OH excluding ortho intramolecular Hbond substituents is 1. The minimum Gasteiger partial charge on any atom is -0.504 e. The maximum absolute atomic E-state index is 10.1. The van der Waals surface area contributed by atoms with Crippen molar-refractivity contribution in [3.63, 3.8) is 0 Å². The normalized spacial score (nSPS) is 10.0. The molecule has 0 fully saturated rings. The predicted molar refractivity (Wildman–Crippen MR) is 85.9 cm³/mol. The summed E-state index contributed by atoms with van der Waals surface area (Å²) in [4.78, 5) is 0. The number of ether oxygens (including phenoxy) is 1. The van der Waals surface area contributed by atoms with Crippen molar-refractivity contribution in [3.05, 3.63) is 51.0 Å². The van der Waals surface area contributed by atoms with E-state index in [2.05, 4.69) is 27.3 Å². The Bertz CT molecular complexity index is 714. The van der Waals surface area contributed by atoms with Crippen LogP contribution in [0, 0.1) is 11.3 Å². The Kier molecular flexibility index (Phi) is 4.94.